The largest absolute Gasteiger partial charge is 0.478 e. The average molecular weight is 419 g/mol. The Morgan fingerprint density at radius 2 is 1.84 bits per heavy atom. The second-order valence-electron chi connectivity index (χ2n) is 7.37. The summed E-state index contributed by atoms with van der Waals surface area (Å²) in [6.45, 7) is 2.11. The Morgan fingerprint density at radius 3 is 2.56 bits per heavy atom. The minimum atomic E-state index is -0.978. The van der Waals surface area contributed by atoms with Gasteiger partial charge in [-0.2, -0.15) is 10.4 Å². The number of nitrogens with one attached hydrogen (secondary N) is 1. The van der Waals surface area contributed by atoms with Gasteiger partial charge in [-0.3, -0.25) is 5.10 Å². The lowest BCUT2D eigenvalue weighted by molar-refractivity contribution is -0.131. The third-order valence-electron chi connectivity index (χ3n) is 5.34. The molecule has 1 heterocycles. The summed E-state index contributed by atoms with van der Waals surface area (Å²) in [6.07, 6.45) is 5.28. The van der Waals surface area contributed by atoms with Crippen molar-refractivity contribution in [1.29, 1.82) is 5.26 Å². The first-order valence-electron chi connectivity index (χ1n) is 10.3. The van der Waals surface area contributed by atoms with Crippen molar-refractivity contribution in [2.75, 3.05) is 0 Å². The first-order valence-corrected chi connectivity index (χ1v) is 10.3. The van der Waals surface area contributed by atoms with Crippen molar-refractivity contribution in [3.63, 3.8) is 0 Å². The number of benzene rings is 3. The van der Waals surface area contributed by atoms with Crippen molar-refractivity contribution >= 4 is 34.1 Å². The lowest BCUT2D eigenvalue weighted by Crippen LogP contribution is -1.96. The van der Waals surface area contributed by atoms with Gasteiger partial charge in [-0.25, -0.2) is 4.79 Å². The molecule has 0 atom stereocenters. The summed E-state index contributed by atoms with van der Waals surface area (Å²) >= 11 is 0. The zero-order chi connectivity index (χ0) is 22.5. The molecule has 0 aliphatic rings. The van der Waals surface area contributed by atoms with E-state index in [1.807, 2.05) is 48.5 Å². The van der Waals surface area contributed by atoms with Crippen molar-refractivity contribution in [3.05, 3.63) is 107 Å². The van der Waals surface area contributed by atoms with Gasteiger partial charge in [0.2, 0.25) is 0 Å². The molecule has 0 aliphatic heterocycles. The summed E-state index contributed by atoms with van der Waals surface area (Å²) in [6, 6.07) is 23.9. The summed E-state index contributed by atoms with van der Waals surface area (Å²) in [5.41, 5.74) is 7.65. The van der Waals surface area contributed by atoms with Gasteiger partial charge in [0.1, 0.15) is 0 Å². The first-order chi connectivity index (χ1) is 15.6. The molecule has 4 aromatic rings. The van der Waals surface area contributed by atoms with Crippen LogP contribution >= 0.6 is 0 Å². The van der Waals surface area contributed by atoms with Crippen LogP contribution in [-0.4, -0.2) is 21.3 Å². The predicted octanol–water partition coefficient (Wildman–Crippen LogP) is 5.90. The van der Waals surface area contributed by atoms with Crippen molar-refractivity contribution in [3.8, 4) is 6.07 Å². The normalized spacial score (nSPS) is 12.0. The van der Waals surface area contributed by atoms with Crippen LogP contribution in [-0.2, 0) is 4.79 Å². The molecule has 5 heteroatoms. The summed E-state index contributed by atoms with van der Waals surface area (Å²) in [5.74, 6) is -0.978. The molecule has 4 rings (SSSR count). The van der Waals surface area contributed by atoms with Crippen LogP contribution in [0, 0.1) is 11.3 Å². The lowest BCUT2D eigenvalue weighted by atomic mass is 9.87. The molecule has 0 spiro atoms. The maximum atomic E-state index is 10.8. The number of allylic oxidation sites excluding steroid dienone is 1. The van der Waals surface area contributed by atoms with E-state index in [2.05, 4.69) is 35.3 Å². The Morgan fingerprint density at radius 1 is 1.06 bits per heavy atom. The van der Waals surface area contributed by atoms with Crippen LogP contribution in [0.4, 0.5) is 0 Å². The van der Waals surface area contributed by atoms with Crippen molar-refractivity contribution in [1.82, 2.24) is 10.2 Å². The lowest BCUT2D eigenvalue weighted by Gasteiger charge is -2.17. The zero-order valence-electron chi connectivity index (χ0n) is 17.5. The maximum absolute atomic E-state index is 10.8. The van der Waals surface area contributed by atoms with Gasteiger partial charge in [0.15, 0.2) is 0 Å². The standard InChI is InChI=1S/C27H21N3O2/c1-2-24(21-5-3-4-19(14-21)16-28)27(22-11-12-25-23(15-22)17-29-30-25)20-9-6-18(7-10-20)8-13-26(31)32/h3-15,17H,2H2,1H3,(H,29,30)(H,31,32)/b13-8+,27-24-. The van der Waals surface area contributed by atoms with Crippen LogP contribution in [0.3, 0.4) is 0 Å². The minimum Gasteiger partial charge on any atom is -0.478 e. The van der Waals surface area contributed by atoms with E-state index in [1.165, 1.54) is 0 Å². The average Bonchev–Trinajstić information content (AvgIpc) is 3.29. The number of carboxylic acid groups (broad SMARTS) is 1. The van der Waals surface area contributed by atoms with Gasteiger partial charge in [0.05, 0.1) is 23.3 Å². The highest BCUT2D eigenvalue weighted by atomic mass is 16.4. The number of aliphatic carboxylic acids is 1. The van der Waals surface area contributed by atoms with E-state index < -0.39 is 5.97 Å². The SMILES string of the molecule is CC/C(=C(\c1ccc(/C=C/C(=O)O)cc1)c1ccc2[nH]ncc2c1)c1cccc(C#N)c1. The second-order valence-corrected chi connectivity index (χ2v) is 7.37. The third-order valence-corrected chi connectivity index (χ3v) is 5.34. The number of carboxylic acids is 1. The molecule has 0 bridgehead atoms. The van der Waals surface area contributed by atoms with Crippen LogP contribution < -0.4 is 0 Å². The second kappa shape index (κ2) is 9.15. The van der Waals surface area contributed by atoms with Crippen LogP contribution in [0.15, 0.2) is 79.0 Å². The number of carbonyl (C=O) groups is 1. The number of nitriles is 1. The number of H-pyrrole nitrogens is 1. The van der Waals surface area contributed by atoms with Crippen LogP contribution in [0.5, 0.6) is 0 Å². The Balaban J connectivity index is 1.92. The van der Waals surface area contributed by atoms with E-state index in [0.717, 1.165) is 56.8 Å². The molecule has 0 aliphatic carbocycles. The number of hydrogen-bond donors (Lipinski definition) is 2. The fraction of sp³-hybridized carbons (Fsp3) is 0.0741. The Labute approximate surface area is 186 Å². The number of aromatic nitrogens is 2. The van der Waals surface area contributed by atoms with E-state index in [-0.39, 0.29) is 0 Å². The molecular formula is C27H21N3O2. The third kappa shape index (κ3) is 4.35. The molecule has 156 valence electrons. The van der Waals surface area contributed by atoms with Gasteiger partial charge >= 0.3 is 5.97 Å². The highest BCUT2D eigenvalue weighted by molar-refractivity contribution is 6.00. The Hall–Kier alpha value is -4.43. The summed E-state index contributed by atoms with van der Waals surface area (Å²) in [7, 11) is 0. The van der Waals surface area contributed by atoms with Crippen LogP contribution in [0.25, 0.3) is 28.1 Å². The van der Waals surface area contributed by atoms with E-state index in [1.54, 1.807) is 18.3 Å². The molecule has 5 nitrogen and oxygen atoms in total. The molecule has 1 aromatic heterocycles. The van der Waals surface area contributed by atoms with Gasteiger partial charge in [0, 0.05) is 11.5 Å². The number of aromatic amines is 1. The van der Waals surface area contributed by atoms with E-state index >= 15 is 0 Å². The molecule has 3 aromatic carbocycles. The quantitative estimate of drug-likeness (QED) is 0.301. The maximum Gasteiger partial charge on any atom is 0.328 e. The van der Waals surface area contributed by atoms with Crippen LogP contribution in [0.1, 0.15) is 41.2 Å². The van der Waals surface area contributed by atoms with Gasteiger partial charge in [0.25, 0.3) is 0 Å². The molecular weight excluding hydrogens is 398 g/mol. The number of hydrogen-bond acceptors (Lipinski definition) is 3. The van der Waals surface area contributed by atoms with Gasteiger partial charge in [-0.1, -0.05) is 49.4 Å². The van der Waals surface area contributed by atoms with Crippen molar-refractivity contribution in [2.24, 2.45) is 0 Å². The van der Waals surface area contributed by atoms with E-state index in [0.29, 0.717) is 5.56 Å². The first kappa shape index (κ1) is 20.8. The highest BCUT2D eigenvalue weighted by Crippen LogP contribution is 2.35. The smallest absolute Gasteiger partial charge is 0.328 e. The fourth-order valence-electron chi connectivity index (χ4n) is 3.84. The van der Waals surface area contributed by atoms with Gasteiger partial charge in [-0.15, -0.1) is 0 Å². The summed E-state index contributed by atoms with van der Waals surface area (Å²) in [4.78, 5) is 10.8. The Kier molecular flexibility index (Phi) is 5.96. The number of fused-ring (bicyclic) bond motifs is 1. The summed E-state index contributed by atoms with van der Waals surface area (Å²) in [5, 5.41) is 26.4. The zero-order valence-corrected chi connectivity index (χ0v) is 17.5. The molecule has 0 amide bonds. The minimum absolute atomic E-state index is 0.618. The topological polar surface area (TPSA) is 89.8 Å². The fourth-order valence-corrected chi connectivity index (χ4v) is 3.84. The van der Waals surface area contributed by atoms with Gasteiger partial charge < -0.3 is 5.11 Å². The molecule has 2 N–H and O–H groups in total. The molecule has 0 fully saturated rings. The Bertz CT molecular complexity index is 1390. The highest BCUT2D eigenvalue weighted by Gasteiger charge is 2.14. The van der Waals surface area contributed by atoms with Gasteiger partial charge in [-0.05, 0) is 70.2 Å². The molecule has 0 unspecified atom stereocenters. The predicted molar refractivity (Wildman–Crippen MR) is 127 cm³/mol. The van der Waals surface area contributed by atoms with Crippen molar-refractivity contribution in [2.45, 2.75) is 13.3 Å². The van der Waals surface area contributed by atoms with E-state index in [4.69, 9.17) is 5.11 Å². The van der Waals surface area contributed by atoms with E-state index in [9.17, 15) is 10.1 Å². The summed E-state index contributed by atoms with van der Waals surface area (Å²) < 4.78 is 0. The molecule has 0 radical (unpaired) electrons. The number of rotatable bonds is 6. The van der Waals surface area contributed by atoms with Crippen molar-refractivity contribution < 1.29 is 9.90 Å². The number of nitrogens with zero attached hydrogens (tertiary/aromatic N) is 2. The van der Waals surface area contributed by atoms with Crippen LogP contribution in [0.2, 0.25) is 0 Å². The molecule has 32 heavy (non-hydrogen) atoms. The molecule has 0 saturated heterocycles. The monoisotopic (exact) mass is 419 g/mol. The molecule has 0 saturated carbocycles.